The molecule has 0 aliphatic heterocycles. The summed E-state index contributed by atoms with van der Waals surface area (Å²) in [5, 5.41) is 12.0. The Hall–Kier alpha value is -1.69. The van der Waals surface area contributed by atoms with Crippen LogP contribution in [0, 0.1) is 6.92 Å². The van der Waals surface area contributed by atoms with E-state index in [1.807, 2.05) is 0 Å². The molecule has 0 radical (unpaired) electrons. The number of aryl methyl sites for hydroxylation is 1. The largest absolute Gasteiger partial charge is 0.477 e. The van der Waals surface area contributed by atoms with Gasteiger partial charge in [0.15, 0.2) is 5.69 Å². The number of carboxylic acid groups (broad SMARTS) is 1. The van der Waals surface area contributed by atoms with Crippen LogP contribution in [0.3, 0.4) is 0 Å². The van der Waals surface area contributed by atoms with Crippen molar-refractivity contribution >= 4 is 11.9 Å². The molecule has 1 rings (SSSR count). The zero-order valence-corrected chi connectivity index (χ0v) is 12.0. The molecule has 1 aromatic rings. The van der Waals surface area contributed by atoms with Crippen molar-refractivity contribution in [2.24, 2.45) is 0 Å². The van der Waals surface area contributed by atoms with Gasteiger partial charge in [0.1, 0.15) is 0 Å². The van der Waals surface area contributed by atoms with Gasteiger partial charge in [0.2, 0.25) is 5.95 Å². The van der Waals surface area contributed by atoms with Crippen LogP contribution in [0.25, 0.3) is 0 Å². The molecule has 6 heteroatoms. The van der Waals surface area contributed by atoms with E-state index in [0.717, 1.165) is 19.5 Å². The molecule has 0 saturated carbocycles. The highest BCUT2D eigenvalue weighted by Gasteiger charge is 2.08. The van der Waals surface area contributed by atoms with Crippen LogP contribution >= 0.6 is 0 Å². The monoisotopic (exact) mass is 266 g/mol. The third-order valence-corrected chi connectivity index (χ3v) is 2.93. The SMILES string of the molecule is Cc1cc(C(=O)O)nc(NCCCN(C)C(C)C)n1. The molecule has 0 aromatic carbocycles. The fourth-order valence-electron chi connectivity index (χ4n) is 1.54. The van der Waals surface area contributed by atoms with Gasteiger partial charge in [-0.05, 0) is 46.9 Å². The molecule has 1 heterocycles. The number of hydrogen-bond acceptors (Lipinski definition) is 5. The number of rotatable bonds is 7. The van der Waals surface area contributed by atoms with Gasteiger partial charge in [-0.25, -0.2) is 14.8 Å². The number of aromatic carboxylic acids is 1. The average molecular weight is 266 g/mol. The molecule has 1 aromatic heterocycles. The second-order valence-corrected chi connectivity index (χ2v) is 4.88. The molecule has 0 aliphatic rings. The lowest BCUT2D eigenvalue weighted by Gasteiger charge is -2.20. The quantitative estimate of drug-likeness (QED) is 0.730. The summed E-state index contributed by atoms with van der Waals surface area (Å²) in [7, 11) is 2.08. The van der Waals surface area contributed by atoms with Crippen LogP contribution in [0.4, 0.5) is 5.95 Å². The topological polar surface area (TPSA) is 78.3 Å². The Morgan fingerprint density at radius 1 is 1.47 bits per heavy atom. The van der Waals surface area contributed by atoms with Crippen LogP contribution in [0.2, 0.25) is 0 Å². The molecule has 0 spiro atoms. The maximum absolute atomic E-state index is 10.9. The van der Waals surface area contributed by atoms with E-state index in [4.69, 9.17) is 5.11 Å². The van der Waals surface area contributed by atoms with Crippen LogP contribution < -0.4 is 5.32 Å². The lowest BCUT2D eigenvalue weighted by Crippen LogP contribution is -2.28. The van der Waals surface area contributed by atoms with Crippen molar-refractivity contribution in [3.63, 3.8) is 0 Å². The molecule has 0 amide bonds. The van der Waals surface area contributed by atoms with Crippen molar-refractivity contribution in [1.82, 2.24) is 14.9 Å². The van der Waals surface area contributed by atoms with Crippen LogP contribution in [-0.2, 0) is 0 Å². The number of nitrogens with zero attached hydrogens (tertiary/aromatic N) is 3. The summed E-state index contributed by atoms with van der Waals surface area (Å²) in [5.74, 6) is -0.655. The van der Waals surface area contributed by atoms with E-state index in [1.165, 1.54) is 6.07 Å². The zero-order valence-electron chi connectivity index (χ0n) is 12.0. The first kappa shape index (κ1) is 15.4. The second-order valence-electron chi connectivity index (χ2n) is 4.88. The number of carboxylic acids is 1. The highest BCUT2D eigenvalue weighted by molar-refractivity contribution is 5.85. The van der Waals surface area contributed by atoms with Gasteiger partial charge in [0.05, 0.1) is 0 Å². The lowest BCUT2D eigenvalue weighted by atomic mass is 10.3. The number of hydrogen-bond donors (Lipinski definition) is 2. The fraction of sp³-hybridized carbons (Fsp3) is 0.615. The Morgan fingerprint density at radius 2 is 2.16 bits per heavy atom. The van der Waals surface area contributed by atoms with Crippen LogP contribution in [0.1, 0.15) is 36.5 Å². The van der Waals surface area contributed by atoms with Crippen molar-refractivity contribution in [3.8, 4) is 0 Å². The van der Waals surface area contributed by atoms with Gasteiger partial charge in [-0.2, -0.15) is 0 Å². The Kier molecular flexibility index (Phi) is 5.69. The Bertz CT molecular complexity index is 435. The van der Waals surface area contributed by atoms with Crippen LogP contribution in [0.15, 0.2) is 6.07 Å². The minimum atomic E-state index is -1.03. The summed E-state index contributed by atoms with van der Waals surface area (Å²) in [6, 6.07) is 1.98. The summed E-state index contributed by atoms with van der Waals surface area (Å²) in [6.45, 7) is 7.75. The van der Waals surface area contributed by atoms with E-state index in [2.05, 4.69) is 41.1 Å². The summed E-state index contributed by atoms with van der Waals surface area (Å²) in [5.41, 5.74) is 0.670. The molecule has 6 nitrogen and oxygen atoms in total. The predicted octanol–water partition coefficient (Wildman–Crippen LogP) is 1.63. The van der Waals surface area contributed by atoms with Gasteiger partial charge < -0.3 is 15.3 Å². The molecule has 0 unspecified atom stereocenters. The van der Waals surface area contributed by atoms with E-state index in [1.54, 1.807) is 6.92 Å². The van der Waals surface area contributed by atoms with Gasteiger partial charge in [0, 0.05) is 18.3 Å². The van der Waals surface area contributed by atoms with Gasteiger partial charge in [-0.15, -0.1) is 0 Å². The Balaban J connectivity index is 2.47. The predicted molar refractivity (Wildman–Crippen MR) is 74.6 cm³/mol. The molecule has 0 bridgehead atoms. The van der Waals surface area contributed by atoms with Crippen molar-refractivity contribution in [2.75, 3.05) is 25.5 Å². The Labute approximate surface area is 113 Å². The standard InChI is InChI=1S/C13H22N4O2/c1-9(2)17(4)7-5-6-14-13-15-10(3)8-11(16-13)12(18)19/h8-9H,5-7H2,1-4H3,(H,18,19)(H,14,15,16). The first-order chi connectivity index (χ1) is 8.90. The normalized spacial score (nSPS) is 11.1. The van der Waals surface area contributed by atoms with E-state index < -0.39 is 5.97 Å². The van der Waals surface area contributed by atoms with Gasteiger partial charge >= 0.3 is 5.97 Å². The molecule has 0 aliphatic carbocycles. The van der Waals surface area contributed by atoms with E-state index in [9.17, 15) is 4.79 Å². The summed E-state index contributed by atoms with van der Waals surface area (Å²) in [6.07, 6.45) is 0.953. The van der Waals surface area contributed by atoms with E-state index in [0.29, 0.717) is 17.7 Å². The lowest BCUT2D eigenvalue weighted by molar-refractivity contribution is 0.0690. The van der Waals surface area contributed by atoms with Gasteiger partial charge in [-0.1, -0.05) is 0 Å². The first-order valence-corrected chi connectivity index (χ1v) is 6.43. The molecular weight excluding hydrogens is 244 g/mol. The molecule has 2 N–H and O–H groups in total. The number of nitrogens with one attached hydrogen (secondary N) is 1. The van der Waals surface area contributed by atoms with Crippen molar-refractivity contribution in [1.29, 1.82) is 0 Å². The third-order valence-electron chi connectivity index (χ3n) is 2.93. The summed E-state index contributed by atoms with van der Waals surface area (Å²) in [4.78, 5) is 21.2. The molecule has 0 fully saturated rings. The van der Waals surface area contributed by atoms with Gasteiger partial charge in [0.25, 0.3) is 0 Å². The summed E-state index contributed by atoms with van der Waals surface area (Å²) >= 11 is 0. The minimum Gasteiger partial charge on any atom is -0.477 e. The van der Waals surface area contributed by atoms with E-state index in [-0.39, 0.29) is 5.69 Å². The maximum atomic E-state index is 10.9. The van der Waals surface area contributed by atoms with Crippen molar-refractivity contribution < 1.29 is 9.90 Å². The van der Waals surface area contributed by atoms with Crippen molar-refractivity contribution in [3.05, 3.63) is 17.5 Å². The third kappa shape index (κ3) is 5.21. The molecule has 0 saturated heterocycles. The molecule has 106 valence electrons. The van der Waals surface area contributed by atoms with Crippen molar-refractivity contribution in [2.45, 2.75) is 33.2 Å². The number of carbonyl (C=O) groups is 1. The summed E-state index contributed by atoms with van der Waals surface area (Å²) < 4.78 is 0. The van der Waals surface area contributed by atoms with Gasteiger partial charge in [-0.3, -0.25) is 0 Å². The number of aromatic nitrogens is 2. The van der Waals surface area contributed by atoms with E-state index >= 15 is 0 Å². The number of anilines is 1. The zero-order chi connectivity index (χ0) is 14.4. The first-order valence-electron chi connectivity index (χ1n) is 6.43. The Morgan fingerprint density at radius 3 is 2.74 bits per heavy atom. The maximum Gasteiger partial charge on any atom is 0.354 e. The van der Waals surface area contributed by atoms with Crippen LogP contribution in [-0.4, -0.2) is 52.1 Å². The molecular formula is C13H22N4O2. The second kappa shape index (κ2) is 7.04. The fourth-order valence-corrected chi connectivity index (χ4v) is 1.54. The van der Waals surface area contributed by atoms with Crippen LogP contribution in [0.5, 0.6) is 0 Å². The minimum absolute atomic E-state index is 0.0225. The highest BCUT2D eigenvalue weighted by Crippen LogP contribution is 2.05. The average Bonchev–Trinajstić information content (AvgIpc) is 2.33. The molecule has 0 atom stereocenters. The smallest absolute Gasteiger partial charge is 0.354 e. The highest BCUT2D eigenvalue weighted by atomic mass is 16.4. The molecule has 19 heavy (non-hydrogen) atoms.